The van der Waals surface area contributed by atoms with Gasteiger partial charge in [0.2, 0.25) is 0 Å². The van der Waals surface area contributed by atoms with Crippen molar-refractivity contribution in [3.8, 4) is 0 Å². The summed E-state index contributed by atoms with van der Waals surface area (Å²) in [6.45, 7) is 1.43. The van der Waals surface area contributed by atoms with Gasteiger partial charge >= 0.3 is 0 Å². The Kier molecular flexibility index (Phi) is 5.65. The number of thioether (sulfide) groups is 1. The monoisotopic (exact) mass is 231 g/mol. The van der Waals surface area contributed by atoms with Crippen LogP contribution in [0.5, 0.6) is 0 Å². The lowest BCUT2D eigenvalue weighted by atomic mass is 10.4. The predicted octanol–water partition coefficient (Wildman–Crippen LogP) is 2.87. The third-order valence-electron chi connectivity index (χ3n) is 2.05. The van der Waals surface area contributed by atoms with Gasteiger partial charge in [-0.2, -0.15) is 0 Å². The number of halogens is 2. The van der Waals surface area contributed by atoms with E-state index in [2.05, 4.69) is 5.32 Å². The molecular weight excluding hydrogens is 216 g/mol. The van der Waals surface area contributed by atoms with E-state index in [-0.39, 0.29) is 5.82 Å². The molecule has 1 atom stereocenters. The number of rotatable bonds is 1. The third kappa shape index (κ3) is 5.14. The normalized spacial score (nSPS) is 19.5. The van der Waals surface area contributed by atoms with E-state index in [0.29, 0.717) is 13.0 Å². The molecule has 0 spiro atoms. The van der Waals surface area contributed by atoms with E-state index in [1.54, 1.807) is 23.9 Å². The van der Waals surface area contributed by atoms with Crippen LogP contribution in [-0.2, 0) is 0 Å². The lowest BCUT2D eigenvalue weighted by Gasteiger charge is -1.91. The van der Waals surface area contributed by atoms with Gasteiger partial charge in [0.15, 0.2) is 0 Å². The Labute approximate surface area is 93.3 Å². The second-order valence-corrected chi connectivity index (χ2v) is 4.13. The molecule has 2 rings (SSSR count). The summed E-state index contributed by atoms with van der Waals surface area (Å²) in [4.78, 5) is 1.09. The Morgan fingerprint density at radius 2 is 2.00 bits per heavy atom. The maximum absolute atomic E-state index is 12.2. The van der Waals surface area contributed by atoms with Gasteiger partial charge in [-0.1, -0.05) is 0 Å². The topological polar surface area (TPSA) is 12.0 Å². The van der Waals surface area contributed by atoms with Crippen molar-refractivity contribution in [2.24, 2.45) is 0 Å². The number of hydrogen-bond acceptors (Lipinski definition) is 2. The largest absolute Gasteiger partial charge is 0.314 e. The molecule has 1 N–H and O–H groups in total. The van der Waals surface area contributed by atoms with Gasteiger partial charge in [-0.3, -0.25) is 0 Å². The summed E-state index contributed by atoms with van der Waals surface area (Å²) in [5.41, 5.74) is 0. The maximum Gasteiger partial charge on any atom is 0.123 e. The predicted molar refractivity (Wildman–Crippen MR) is 60.6 cm³/mol. The lowest BCUT2D eigenvalue weighted by Crippen LogP contribution is -2.08. The van der Waals surface area contributed by atoms with E-state index in [9.17, 15) is 8.78 Å². The molecule has 1 aliphatic heterocycles. The first-order valence-electron chi connectivity index (χ1n) is 4.86. The summed E-state index contributed by atoms with van der Waals surface area (Å²) < 4.78 is 24.1. The van der Waals surface area contributed by atoms with Gasteiger partial charge in [0.25, 0.3) is 0 Å². The summed E-state index contributed by atoms with van der Waals surface area (Å²) in [6.07, 6.45) is 2.11. The van der Waals surface area contributed by atoms with Crippen LogP contribution in [0.25, 0.3) is 0 Å². The van der Waals surface area contributed by atoms with E-state index < -0.39 is 6.17 Å². The van der Waals surface area contributed by atoms with Crippen molar-refractivity contribution < 1.29 is 8.78 Å². The lowest BCUT2D eigenvalue weighted by molar-refractivity contribution is 0.361. The fourth-order valence-corrected chi connectivity index (χ4v) is 1.60. The van der Waals surface area contributed by atoms with Crippen LogP contribution < -0.4 is 5.32 Å². The second-order valence-electron chi connectivity index (χ2n) is 3.25. The first-order valence-corrected chi connectivity index (χ1v) is 6.09. The smallest absolute Gasteiger partial charge is 0.123 e. The summed E-state index contributed by atoms with van der Waals surface area (Å²) in [5, 5.41) is 2.90. The van der Waals surface area contributed by atoms with E-state index in [0.717, 1.165) is 11.4 Å². The highest BCUT2D eigenvalue weighted by atomic mass is 32.2. The number of benzene rings is 1. The SMILES string of the molecule is CSc1ccc(F)cc1.FC1CCNC1. The summed E-state index contributed by atoms with van der Waals surface area (Å²) in [6, 6.07) is 6.46. The molecule has 1 aliphatic rings. The van der Waals surface area contributed by atoms with Crippen molar-refractivity contribution in [3.63, 3.8) is 0 Å². The van der Waals surface area contributed by atoms with E-state index in [4.69, 9.17) is 0 Å². The van der Waals surface area contributed by atoms with Gasteiger partial charge < -0.3 is 5.32 Å². The van der Waals surface area contributed by atoms with Gasteiger partial charge in [0, 0.05) is 11.4 Å². The zero-order valence-corrected chi connectivity index (χ0v) is 9.49. The molecule has 1 aromatic rings. The number of alkyl halides is 1. The molecule has 0 aromatic heterocycles. The first-order chi connectivity index (χ1) is 7.22. The average molecular weight is 231 g/mol. The molecule has 0 saturated carbocycles. The van der Waals surface area contributed by atoms with Crippen LogP contribution in [0.1, 0.15) is 6.42 Å². The van der Waals surface area contributed by atoms with Crippen molar-refractivity contribution >= 4 is 11.8 Å². The number of hydrogen-bond donors (Lipinski definition) is 1. The fourth-order valence-electron chi connectivity index (χ4n) is 1.19. The molecule has 1 unspecified atom stereocenters. The summed E-state index contributed by atoms with van der Waals surface area (Å²) in [7, 11) is 0. The summed E-state index contributed by atoms with van der Waals surface area (Å²) in [5.74, 6) is -0.173. The van der Waals surface area contributed by atoms with E-state index in [1.165, 1.54) is 12.1 Å². The zero-order chi connectivity index (χ0) is 11.1. The van der Waals surface area contributed by atoms with Crippen LogP contribution in [0.4, 0.5) is 8.78 Å². The molecular formula is C11H15F2NS. The Hall–Kier alpha value is -0.610. The van der Waals surface area contributed by atoms with Crippen LogP contribution in [-0.4, -0.2) is 25.5 Å². The molecule has 1 nitrogen and oxygen atoms in total. The highest BCUT2D eigenvalue weighted by molar-refractivity contribution is 7.98. The molecule has 0 aliphatic carbocycles. The quantitative estimate of drug-likeness (QED) is 0.746. The maximum atomic E-state index is 12.2. The van der Waals surface area contributed by atoms with Gasteiger partial charge in [-0.25, -0.2) is 8.78 Å². The molecule has 1 heterocycles. The summed E-state index contributed by atoms with van der Waals surface area (Å²) >= 11 is 1.61. The van der Waals surface area contributed by atoms with Crippen molar-refractivity contribution in [1.29, 1.82) is 0 Å². The van der Waals surface area contributed by atoms with Crippen molar-refractivity contribution in [2.75, 3.05) is 19.3 Å². The van der Waals surface area contributed by atoms with Crippen LogP contribution in [0.15, 0.2) is 29.2 Å². The highest BCUT2D eigenvalue weighted by Crippen LogP contribution is 2.13. The van der Waals surface area contributed by atoms with Crippen LogP contribution in [0, 0.1) is 5.82 Å². The Bertz CT molecular complexity index is 270. The standard InChI is InChI=1S/C7H7FS.C4H8FN/c1-9-7-4-2-6(8)3-5-7;5-4-1-2-6-3-4/h2-5H,1H3;4,6H,1-3H2. The molecule has 0 amide bonds. The van der Waals surface area contributed by atoms with Crippen molar-refractivity contribution in [2.45, 2.75) is 17.5 Å². The fraction of sp³-hybridized carbons (Fsp3) is 0.455. The molecule has 1 saturated heterocycles. The Morgan fingerprint density at radius 3 is 2.33 bits per heavy atom. The minimum absolute atomic E-state index is 0.173. The minimum atomic E-state index is -0.565. The first kappa shape index (κ1) is 12.5. The van der Waals surface area contributed by atoms with Gasteiger partial charge in [-0.15, -0.1) is 11.8 Å². The van der Waals surface area contributed by atoms with E-state index >= 15 is 0 Å². The second kappa shape index (κ2) is 6.80. The molecule has 1 fully saturated rings. The van der Waals surface area contributed by atoms with Crippen molar-refractivity contribution in [3.05, 3.63) is 30.1 Å². The molecule has 15 heavy (non-hydrogen) atoms. The molecule has 4 heteroatoms. The van der Waals surface area contributed by atoms with Gasteiger partial charge in [-0.05, 0) is 43.5 Å². The van der Waals surface area contributed by atoms with Gasteiger partial charge in [0.05, 0.1) is 0 Å². The van der Waals surface area contributed by atoms with E-state index in [1.807, 2.05) is 6.26 Å². The van der Waals surface area contributed by atoms with Crippen LogP contribution in [0.2, 0.25) is 0 Å². The molecule has 0 radical (unpaired) electrons. The van der Waals surface area contributed by atoms with Crippen molar-refractivity contribution in [1.82, 2.24) is 5.32 Å². The average Bonchev–Trinajstić information content (AvgIpc) is 2.71. The third-order valence-corrected chi connectivity index (χ3v) is 2.79. The minimum Gasteiger partial charge on any atom is -0.314 e. The van der Waals surface area contributed by atoms with Crippen LogP contribution in [0.3, 0.4) is 0 Å². The molecule has 84 valence electrons. The Balaban J connectivity index is 0.000000162. The molecule has 0 bridgehead atoms. The number of nitrogens with one attached hydrogen (secondary N) is 1. The van der Waals surface area contributed by atoms with Crippen LogP contribution >= 0.6 is 11.8 Å². The van der Waals surface area contributed by atoms with Gasteiger partial charge in [0.1, 0.15) is 12.0 Å². The molecule has 1 aromatic carbocycles. The highest BCUT2D eigenvalue weighted by Gasteiger charge is 2.10. The zero-order valence-electron chi connectivity index (χ0n) is 8.67. The Morgan fingerprint density at radius 1 is 1.33 bits per heavy atom.